The predicted molar refractivity (Wildman–Crippen MR) is 70.1 cm³/mol. The van der Waals surface area contributed by atoms with Crippen molar-refractivity contribution in [1.29, 1.82) is 0 Å². The topological polar surface area (TPSA) is 43.8 Å². The summed E-state index contributed by atoms with van der Waals surface area (Å²) in [4.78, 5) is 4.16. The van der Waals surface area contributed by atoms with Gasteiger partial charge in [0.25, 0.3) is 0 Å². The van der Waals surface area contributed by atoms with E-state index in [9.17, 15) is 0 Å². The number of nitrogens with zero attached hydrogens (tertiary/aromatic N) is 2. The second kappa shape index (κ2) is 4.90. The Morgan fingerprint density at radius 3 is 2.47 bits per heavy atom. The molecule has 2 rings (SSSR count). The Kier molecular flexibility index (Phi) is 3.50. The van der Waals surface area contributed by atoms with Crippen LogP contribution < -0.4 is 5.73 Å². The molecule has 17 heavy (non-hydrogen) atoms. The monoisotopic (exact) mass is 249 g/mol. The molecule has 4 heteroatoms. The minimum Gasteiger partial charge on any atom is -0.326 e. The van der Waals surface area contributed by atoms with Crippen LogP contribution >= 0.6 is 11.6 Å². The van der Waals surface area contributed by atoms with E-state index >= 15 is 0 Å². The lowest BCUT2D eigenvalue weighted by Crippen LogP contribution is -2.15. The van der Waals surface area contributed by atoms with Crippen LogP contribution in [0.1, 0.15) is 37.2 Å². The molecule has 1 heterocycles. The molecule has 0 spiro atoms. The SMILES string of the molecule is CC(c1ccc(Cl)cc1)n1cncc1[C@@H](C)N. The highest BCUT2D eigenvalue weighted by Crippen LogP contribution is 2.23. The lowest BCUT2D eigenvalue weighted by molar-refractivity contribution is 0.582. The number of aromatic nitrogens is 2. The molecule has 0 aliphatic heterocycles. The quantitative estimate of drug-likeness (QED) is 0.908. The van der Waals surface area contributed by atoms with E-state index in [0.717, 1.165) is 10.7 Å². The molecule has 2 N–H and O–H groups in total. The maximum absolute atomic E-state index is 5.92. The molecular weight excluding hydrogens is 234 g/mol. The largest absolute Gasteiger partial charge is 0.326 e. The molecular formula is C13H16ClN3. The Morgan fingerprint density at radius 2 is 1.88 bits per heavy atom. The second-order valence-electron chi connectivity index (χ2n) is 4.24. The third-order valence-corrected chi connectivity index (χ3v) is 3.18. The predicted octanol–water partition coefficient (Wildman–Crippen LogP) is 3.17. The van der Waals surface area contributed by atoms with Crippen molar-refractivity contribution in [3.63, 3.8) is 0 Å². The van der Waals surface area contributed by atoms with E-state index in [1.807, 2.05) is 43.7 Å². The fourth-order valence-corrected chi connectivity index (χ4v) is 2.02. The Labute approximate surface area is 106 Å². The van der Waals surface area contributed by atoms with E-state index in [4.69, 9.17) is 17.3 Å². The van der Waals surface area contributed by atoms with Gasteiger partial charge in [0.2, 0.25) is 0 Å². The second-order valence-corrected chi connectivity index (χ2v) is 4.68. The summed E-state index contributed by atoms with van der Waals surface area (Å²) in [5, 5.41) is 0.749. The minimum absolute atomic E-state index is 0.0211. The normalized spacial score (nSPS) is 14.6. The van der Waals surface area contributed by atoms with Crippen LogP contribution in [0, 0.1) is 0 Å². The van der Waals surface area contributed by atoms with Crippen molar-refractivity contribution in [3.8, 4) is 0 Å². The van der Waals surface area contributed by atoms with E-state index in [-0.39, 0.29) is 12.1 Å². The highest BCUT2D eigenvalue weighted by Gasteiger charge is 2.13. The number of halogens is 1. The van der Waals surface area contributed by atoms with Crippen molar-refractivity contribution in [2.75, 3.05) is 0 Å². The van der Waals surface area contributed by atoms with Gasteiger partial charge in [-0.3, -0.25) is 0 Å². The molecule has 0 radical (unpaired) electrons. The van der Waals surface area contributed by atoms with Gasteiger partial charge >= 0.3 is 0 Å². The van der Waals surface area contributed by atoms with Crippen molar-refractivity contribution in [3.05, 3.63) is 53.1 Å². The number of benzene rings is 1. The van der Waals surface area contributed by atoms with Crippen molar-refractivity contribution in [1.82, 2.24) is 9.55 Å². The first kappa shape index (κ1) is 12.1. The molecule has 1 unspecified atom stereocenters. The fourth-order valence-electron chi connectivity index (χ4n) is 1.89. The van der Waals surface area contributed by atoms with Crippen LogP contribution in [0.25, 0.3) is 0 Å². The van der Waals surface area contributed by atoms with Crippen molar-refractivity contribution >= 4 is 11.6 Å². The van der Waals surface area contributed by atoms with Gasteiger partial charge in [0, 0.05) is 17.3 Å². The van der Waals surface area contributed by atoms with Crippen LogP contribution in [0.3, 0.4) is 0 Å². The van der Waals surface area contributed by atoms with E-state index < -0.39 is 0 Å². The summed E-state index contributed by atoms with van der Waals surface area (Å²) in [5.41, 5.74) is 8.14. The summed E-state index contributed by atoms with van der Waals surface area (Å²) < 4.78 is 2.09. The molecule has 2 aromatic rings. The first-order valence-corrected chi connectivity index (χ1v) is 6.00. The Balaban J connectivity index is 2.33. The Morgan fingerprint density at radius 1 is 1.24 bits per heavy atom. The average molecular weight is 250 g/mol. The molecule has 1 aromatic carbocycles. The van der Waals surface area contributed by atoms with Gasteiger partial charge in [-0.1, -0.05) is 23.7 Å². The van der Waals surface area contributed by atoms with Gasteiger partial charge in [-0.2, -0.15) is 0 Å². The van der Waals surface area contributed by atoms with Crippen LogP contribution in [-0.4, -0.2) is 9.55 Å². The Bertz CT molecular complexity index is 488. The van der Waals surface area contributed by atoms with Crippen LogP contribution in [0.2, 0.25) is 5.02 Å². The number of rotatable bonds is 3. The third-order valence-electron chi connectivity index (χ3n) is 2.93. The lowest BCUT2D eigenvalue weighted by atomic mass is 10.1. The van der Waals surface area contributed by atoms with Crippen molar-refractivity contribution in [2.45, 2.75) is 25.9 Å². The first-order chi connectivity index (χ1) is 8.09. The highest BCUT2D eigenvalue weighted by molar-refractivity contribution is 6.30. The molecule has 0 saturated carbocycles. The number of hydrogen-bond acceptors (Lipinski definition) is 2. The summed E-state index contributed by atoms with van der Waals surface area (Å²) >= 11 is 5.88. The molecule has 90 valence electrons. The molecule has 1 aromatic heterocycles. The molecule has 3 nitrogen and oxygen atoms in total. The summed E-state index contributed by atoms with van der Waals surface area (Å²) in [5.74, 6) is 0. The minimum atomic E-state index is -0.0211. The van der Waals surface area contributed by atoms with E-state index in [2.05, 4.69) is 16.5 Å². The maximum Gasteiger partial charge on any atom is 0.0954 e. The zero-order valence-electron chi connectivity index (χ0n) is 9.97. The molecule has 0 aliphatic carbocycles. The van der Waals surface area contributed by atoms with Gasteiger partial charge in [-0.25, -0.2) is 4.98 Å². The summed E-state index contributed by atoms with van der Waals surface area (Å²) in [6, 6.07) is 8.03. The van der Waals surface area contributed by atoms with Crippen molar-refractivity contribution < 1.29 is 0 Å². The third kappa shape index (κ3) is 2.51. The zero-order valence-corrected chi connectivity index (χ0v) is 10.7. The molecule has 2 atom stereocenters. The summed E-state index contributed by atoms with van der Waals surface area (Å²) in [6.07, 6.45) is 3.63. The standard InChI is InChI=1S/C13H16ClN3/c1-9(15)13-7-16-8-17(13)10(2)11-3-5-12(14)6-4-11/h3-10H,15H2,1-2H3/t9-,10?/m1/s1. The van der Waals surface area contributed by atoms with E-state index in [1.54, 1.807) is 0 Å². The van der Waals surface area contributed by atoms with Crippen LogP contribution in [-0.2, 0) is 0 Å². The number of hydrogen-bond donors (Lipinski definition) is 1. The van der Waals surface area contributed by atoms with Gasteiger partial charge < -0.3 is 10.3 Å². The van der Waals surface area contributed by atoms with Crippen molar-refractivity contribution in [2.24, 2.45) is 5.73 Å². The molecule has 0 bridgehead atoms. The number of nitrogens with two attached hydrogens (primary N) is 1. The smallest absolute Gasteiger partial charge is 0.0954 e. The van der Waals surface area contributed by atoms with Gasteiger partial charge in [0.15, 0.2) is 0 Å². The van der Waals surface area contributed by atoms with Crippen LogP contribution in [0.5, 0.6) is 0 Å². The average Bonchev–Trinajstić information content (AvgIpc) is 2.78. The highest BCUT2D eigenvalue weighted by atomic mass is 35.5. The molecule has 0 fully saturated rings. The molecule has 0 amide bonds. The zero-order chi connectivity index (χ0) is 12.4. The van der Waals surface area contributed by atoms with Gasteiger partial charge in [-0.05, 0) is 31.5 Å². The van der Waals surface area contributed by atoms with Crippen LogP contribution in [0.15, 0.2) is 36.8 Å². The molecule has 0 aliphatic rings. The van der Waals surface area contributed by atoms with E-state index in [1.165, 1.54) is 5.56 Å². The summed E-state index contributed by atoms with van der Waals surface area (Å²) in [6.45, 7) is 4.08. The van der Waals surface area contributed by atoms with Gasteiger partial charge in [0.1, 0.15) is 0 Å². The first-order valence-electron chi connectivity index (χ1n) is 5.62. The fraction of sp³-hybridized carbons (Fsp3) is 0.308. The Hall–Kier alpha value is -1.32. The number of imidazole rings is 1. The van der Waals surface area contributed by atoms with Crippen LogP contribution in [0.4, 0.5) is 0 Å². The maximum atomic E-state index is 5.92. The van der Waals surface area contributed by atoms with Gasteiger partial charge in [-0.15, -0.1) is 0 Å². The summed E-state index contributed by atoms with van der Waals surface area (Å²) in [7, 11) is 0. The van der Waals surface area contributed by atoms with E-state index in [0.29, 0.717) is 0 Å². The van der Waals surface area contributed by atoms with Gasteiger partial charge in [0.05, 0.1) is 18.1 Å². The molecule has 0 saturated heterocycles. The lowest BCUT2D eigenvalue weighted by Gasteiger charge is -2.18.